The lowest BCUT2D eigenvalue weighted by Gasteiger charge is -2.43. The number of benzene rings is 1. The molecular formula is C18H25N3. The highest BCUT2D eigenvalue weighted by molar-refractivity contribution is 5.82. The first-order chi connectivity index (χ1) is 10.1. The van der Waals surface area contributed by atoms with Crippen molar-refractivity contribution in [2.45, 2.75) is 45.6 Å². The molecule has 3 nitrogen and oxygen atoms in total. The average molecular weight is 283 g/mol. The number of nitrogens with one attached hydrogen (secondary N) is 1. The predicted molar refractivity (Wildman–Crippen MR) is 87.5 cm³/mol. The number of pyridine rings is 1. The summed E-state index contributed by atoms with van der Waals surface area (Å²) in [6.45, 7) is 4.75. The summed E-state index contributed by atoms with van der Waals surface area (Å²) in [7, 11) is 0. The van der Waals surface area contributed by atoms with Crippen LogP contribution in [-0.4, -0.2) is 4.98 Å². The van der Waals surface area contributed by atoms with Crippen LogP contribution >= 0.6 is 0 Å². The van der Waals surface area contributed by atoms with E-state index in [1.165, 1.54) is 36.6 Å². The average Bonchev–Trinajstić information content (AvgIpc) is 2.49. The van der Waals surface area contributed by atoms with E-state index in [0.717, 1.165) is 5.52 Å². The van der Waals surface area contributed by atoms with Crippen LogP contribution in [0, 0.1) is 11.3 Å². The molecule has 2 atom stereocenters. The smallest absolute Gasteiger partial charge is 0.0750 e. The molecular weight excluding hydrogens is 258 g/mol. The standard InChI is InChI=1S/C18H25N3/c1-18(2)11-4-3-10-15(18)17(21-19)14-9-5-7-13-8-6-12-20-16(13)14/h5-9,12,15,17,21H,3-4,10-11,19H2,1-2H3. The van der Waals surface area contributed by atoms with Crippen LogP contribution in [0.15, 0.2) is 36.5 Å². The third kappa shape index (κ3) is 2.68. The zero-order chi connectivity index (χ0) is 14.9. The SMILES string of the molecule is CC1(C)CCCCC1C(NN)c1cccc2cccnc12. The molecule has 2 unspecified atom stereocenters. The molecule has 1 saturated carbocycles. The minimum atomic E-state index is 0.166. The van der Waals surface area contributed by atoms with Crippen molar-refractivity contribution >= 4 is 10.9 Å². The van der Waals surface area contributed by atoms with E-state index < -0.39 is 0 Å². The van der Waals surface area contributed by atoms with Gasteiger partial charge in [0, 0.05) is 11.6 Å². The molecule has 1 heterocycles. The monoisotopic (exact) mass is 283 g/mol. The van der Waals surface area contributed by atoms with Gasteiger partial charge in [0.25, 0.3) is 0 Å². The maximum absolute atomic E-state index is 5.97. The van der Waals surface area contributed by atoms with Crippen molar-refractivity contribution in [1.29, 1.82) is 0 Å². The van der Waals surface area contributed by atoms with Crippen molar-refractivity contribution < 1.29 is 0 Å². The van der Waals surface area contributed by atoms with Gasteiger partial charge in [0.2, 0.25) is 0 Å². The molecule has 3 rings (SSSR count). The van der Waals surface area contributed by atoms with Crippen LogP contribution in [0.1, 0.15) is 51.1 Å². The molecule has 112 valence electrons. The number of aromatic nitrogens is 1. The summed E-state index contributed by atoms with van der Waals surface area (Å²) in [6.07, 6.45) is 6.99. The molecule has 1 fully saturated rings. The number of rotatable bonds is 3. The van der Waals surface area contributed by atoms with Crippen LogP contribution in [0.2, 0.25) is 0 Å². The Hall–Kier alpha value is -1.45. The van der Waals surface area contributed by atoms with Crippen LogP contribution < -0.4 is 11.3 Å². The first-order valence-electron chi connectivity index (χ1n) is 7.93. The zero-order valence-electron chi connectivity index (χ0n) is 13.0. The van der Waals surface area contributed by atoms with Gasteiger partial charge in [-0.25, -0.2) is 0 Å². The molecule has 0 amide bonds. The number of nitrogens with two attached hydrogens (primary N) is 1. The Bertz CT molecular complexity index is 615. The molecule has 2 aromatic rings. The Morgan fingerprint density at radius 3 is 2.81 bits per heavy atom. The van der Waals surface area contributed by atoms with E-state index in [4.69, 9.17) is 5.84 Å². The lowest BCUT2D eigenvalue weighted by atomic mass is 9.65. The molecule has 0 bridgehead atoms. The topological polar surface area (TPSA) is 50.9 Å². The normalized spacial score (nSPS) is 23.1. The second-order valence-electron chi connectivity index (χ2n) is 6.91. The van der Waals surface area contributed by atoms with Gasteiger partial charge >= 0.3 is 0 Å². The molecule has 0 aliphatic heterocycles. The number of nitrogens with zero attached hydrogens (tertiary/aromatic N) is 1. The lowest BCUT2D eigenvalue weighted by molar-refractivity contribution is 0.0987. The third-order valence-electron chi connectivity index (χ3n) is 5.17. The van der Waals surface area contributed by atoms with Gasteiger partial charge in [-0.1, -0.05) is 51.0 Å². The molecule has 1 aromatic carbocycles. The second kappa shape index (κ2) is 5.74. The molecule has 3 heteroatoms. The van der Waals surface area contributed by atoms with Gasteiger partial charge < -0.3 is 0 Å². The molecule has 0 saturated heterocycles. The summed E-state index contributed by atoms with van der Waals surface area (Å²) in [5, 5.41) is 1.18. The number of hydrazine groups is 1. The minimum Gasteiger partial charge on any atom is -0.271 e. The molecule has 1 aliphatic rings. The number of fused-ring (bicyclic) bond motifs is 1. The van der Waals surface area contributed by atoms with Gasteiger partial charge in [-0.3, -0.25) is 16.3 Å². The number of para-hydroxylation sites is 1. The van der Waals surface area contributed by atoms with Gasteiger partial charge in [0.15, 0.2) is 0 Å². The maximum Gasteiger partial charge on any atom is 0.0750 e. The summed E-state index contributed by atoms with van der Waals surface area (Å²) in [5.74, 6) is 6.52. The summed E-state index contributed by atoms with van der Waals surface area (Å²) in [4.78, 5) is 4.60. The van der Waals surface area contributed by atoms with E-state index in [1.807, 2.05) is 12.3 Å². The van der Waals surface area contributed by atoms with Crippen LogP contribution in [0.25, 0.3) is 10.9 Å². The number of hydrogen-bond donors (Lipinski definition) is 2. The van der Waals surface area contributed by atoms with Gasteiger partial charge in [-0.15, -0.1) is 0 Å². The molecule has 3 N–H and O–H groups in total. The Morgan fingerprint density at radius 1 is 1.24 bits per heavy atom. The van der Waals surface area contributed by atoms with Crippen molar-refractivity contribution in [2.75, 3.05) is 0 Å². The molecule has 1 aromatic heterocycles. The van der Waals surface area contributed by atoms with Crippen molar-refractivity contribution in [3.8, 4) is 0 Å². The van der Waals surface area contributed by atoms with Crippen molar-refractivity contribution in [2.24, 2.45) is 17.2 Å². The van der Waals surface area contributed by atoms with Crippen molar-refractivity contribution in [1.82, 2.24) is 10.4 Å². The zero-order valence-corrected chi connectivity index (χ0v) is 13.0. The fraction of sp³-hybridized carbons (Fsp3) is 0.500. The first kappa shape index (κ1) is 14.5. The lowest BCUT2D eigenvalue weighted by Crippen LogP contribution is -2.41. The van der Waals surface area contributed by atoms with E-state index in [9.17, 15) is 0 Å². The van der Waals surface area contributed by atoms with E-state index in [-0.39, 0.29) is 6.04 Å². The first-order valence-corrected chi connectivity index (χ1v) is 7.93. The molecule has 21 heavy (non-hydrogen) atoms. The summed E-state index contributed by atoms with van der Waals surface area (Å²) in [6, 6.07) is 10.7. The van der Waals surface area contributed by atoms with Crippen LogP contribution in [0.4, 0.5) is 0 Å². The van der Waals surface area contributed by atoms with Crippen LogP contribution in [0.5, 0.6) is 0 Å². The van der Waals surface area contributed by atoms with E-state index in [1.54, 1.807) is 0 Å². The predicted octanol–water partition coefficient (Wildman–Crippen LogP) is 3.96. The van der Waals surface area contributed by atoms with Crippen molar-refractivity contribution in [3.63, 3.8) is 0 Å². The fourth-order valence-corrected chi connectivity index (χ4v) is 3.94. The molecule has 1 aliphatic carbocycles. The van der Waals surface area contributed by atoms with Crippen LogP contribution in [-0.2, 0) is 0 Å². The van der Waals surface area contributed by atoms with Gasteiger partial charge in [-0.05, 0) is 35.8 Å². The van der Waals surface area contributed by atoms with Gasteiger partial charge in [0.1, 0.15) is 0 Å². The highest BCUT2D eigenvalue weighted by Gasteiger charge is 2.38. The third-order valence-corrected chi connectivity index (χ3v) is 5.17. The summed E-state index contributed by atoms with van der Waals surface area (Å²) in [5.41, 5.74) is 5.71. The molecule has 0 spiro atoms. The van der Waals surface area contributed by atoms with Crippen molar-refractivity contribution in [3.05, 3.63) is 42.1 Å². The Morgan fingerprint density at radius 2 is 2.05 bits per heavy atom. The fourth-order valence-electron chi connectivity index (χ4n) is 3.94. The Kier molecular flexibility index (Phi) is 3.96. The maximum atomic E-state index is 5.97. The van der Waals surface area contributed by atoms with E-state index in [0.29, 0.717) is 11.3 Å². The second-order valence-corrected chi connectivity index (χ2v) is 6.91. The minimum absolute atomic E-state index is 0.166. The van der Waals surface area contributed by atoms with E-state index in [2.05, 4.69) is 48.5 Å². The van der Waals surface area contributed by atoms with Crippen LogP contribution in [0.3, 0.4) is 0 Å². The summed E-state index contributed by atoms with van der Waals surface area (Å²) < 4.78 is 0. The van der Waals surface area contributed by atoms with Gasteiger partial charge in [0.05, 0.1) is 11.6 Å². The molecule has 0 radical (unpaired) electrons. The summed E-state index contributed by atoms with van der Waals surface area (Å²) >= 11 is 0. The Balaban J connectivity index is 2.06. The Labute approximate surface area is 126 Å². The highest BCUT2D eigenvalue weighted by atomic mass is 15.2. The van der Waals surface area contributed by atoms with Gasteiger partial charge in [-0.2, -0.15) is 0 Å². The largest absolute Gasteiger partial charge is 0.271 e. The van der Waals surface area contributed by atoms with E-state index >= 15 is 0 Å². The highest BCUT2D eigenvalue weighted by Crippen LogP contribution is 2.47. The number of hydrogen-bond acceptors (Lipinski definition) is 3. The quantitative estimate of drug-likeness (QED) is 0.662.